The van der Waals surface area contributed by atoms with E-state index in [1.807, 2.05) is 12.1 Å². The van der Waals surface area contributed by atoms with E-state index in [2.05, 4.69) is 24.3 Å². The molecule has 0 aliphatic carbocycles. The number of hydrogen-bond donors (Lipinski definition) is 0. The van der Waals surface area contributed by atoms with E-state index in [0.29, 0.717) is 0 Å². The average molecular weight is 312 g/mol. The third-order valence-corrected chi connectivity index (χ3v) is 5.93. The molecule has 0 unspecified atom stereocenters. The minimum atomic E-state index is -1.13. The van der Waals surface area contributed by atoms with E-state index < -0.39 is 16.8 Å². The predicted molar refractivity (Wildman–Crippen MR) is 85.1 cm³/mol. The average Bonchev–Trinajstić information content (AvgIpc) is 2.50. The van der Waals surface area contributed by atoms with E-state index in [4.69, 9.17) is 18.1 Å². The van der Waals surface area contributed by atoms with Gasteiger partial charge in [0, 0.05) is 39.0 Å². The quantitative estimate of drug-likeness (QED) is 0.767. The first-order valence-corrected chi connectivity index (χ1v) is 8.40. The van der Waals surface area contributed by atoms with Gasteiger partial charge in [-0.1, -0.05) is 24.3 Å². The fourth-order valence-corrected chi connectivity index (χ4v) is 4.62. The van der Waals surface area contributed by atoms with Gasteiger partial charge < -0.3 is 18.1 Å². The highest BCUT2D eigenvalue weighted by atomic mass is 31.2. The lowest BCUT2D eigenvalue weighted by Gasteiger charge is -2.21. The summed E-state index contributed by atoms with van der Waals surface area (Å²) in [6.07, 6.45) is 0. The van der Waals surface area contributed by atoms with Gasteiger partial charge in [-0.15, -0.1) is 0 Å². The summed E-state index contributed by atoms with van der Waals surface area (Å²) in [5.74, 6) is 0. The van der Waals surface area contributed by atoms with Gasteiger partial charge >= 0.3 is 0 Å². The molecule has 0 radical (unpaired) electrons. The molecule has 0 saturated carbocycles. The second kappa shape index (κ2) is 7.42. The molecule has 0 fully saturated rings. The minimum Gasteiger partial charge on any atom is -0.334 e. The van der Waals surface area contributed by atoms with Crippen LogP contribution in [0.2, 0.25) is 0 Å². The van der Waals surface area contributed by atoms with Crippen molar-refractivity contribution in [3.63, 3.8) is 0 Å². The van der Waals surface area contributed by atoms with Crippen LogP contribution in [0.25, 0.3) is 10.8 Å². The molecular formula is C14H18O4P2. The van der Waals surface area contributed by atoms with Crippen LogP contribution in [0, 0.1) is 0 Å². The van der Waals surface area contributed by atoms with Crippen molar-refractivity contribution >= 4 is 38.1 Å². The molecule has 108 valence electrons. The van der Waals surface area contributed by atoms with Gasteiger partial charge in [0.25, 0.3) is 0 Å². The molecule has 2 rings (SSSR count). The van der Waals surface area contributed by atoms with Crippen LogP contribution in [0.3, 0.4) is 0 Å². The number of fused-ring (bicyclic) bond motifs is 1. The second-order valence-electron chi connectivity index (χ2n) is 3.93. The third kappa shape index (κ3) is 3.17. The molecule has 0 N–H and O–H groups in total. The molecule has 2 aromatic carbocycles. The molecule has 2 aromatic rings. The minimum absolute atomic E-state index is 0.999. The Labute approximate surface area is 121 Å². The van der Waals surface area contributed by atoms with Gasteiger partial charge in [-0.25, -0.2) is 0 Å². The van der Waals surface area contributed by atoms with Crippen LogP contribution in [-0.2, 0) is 18.1 Å². The van der Waals surface area contributed by atoms with Crippen LogP contribution < -0.4 is 10.6 Å². The van der Waals surface area contributed by atoms with E-state index in [-0.39, 0.29) is 0 Å². The van der Waals surface area contributed by atoms with Gasteiger partial charge in [0.1, 0.15) is 0 Å². The van der Waals surface area contributed by atoms with Gasteiger partial charge in [0.15, 0.2) is 0 Å². The summed E-state index contributed by atoms with van der Waals surface area (Å²) >= 11 is 0. The van der Waals surface area contributed by atoms with E-state index >= 15 is 0 Å². The summed E-state index contributed by atoms with van der Waals surface area (Å²) in [6, 6.07) is 12.4. The second-order valence-corrected chi connectivity index (χ2v) is 7.39. The van der Waals surface area contributed by atoms with Crippen LogP contribution >= 0.6 is 16.8 Å². The van der Waals surface area contributed by atoms with Crippen LogP contribution in [0.1, 0.15) is 0 Å². The van der Waals surface area contributed by atoms with Crippen molar-refractivity contribution < 1.29 is 18.1 Å². The van der Waals surface area contributed by atoms with Crippen molar-refractivity contribution in [2.75, 3.05) is 28.4 Å². The zero-order valence-electron chi connectivity index (χ0n) is 12.0. The Bertz CT molecular complexity index is 518. The van der Waals surface area contributed by atoms with Crippen LogP contribution in [-0.4, -0.2) is 28.4 Å². The Morgan fingerprint density at radius 2 is 1.00 bits per heavy atom. The number of benzene rings is 2. The summed E-state index contributed by atoms with van der Waals surface area (Å²) in [7, 11) is 4.33. The standard InChI is InChI=1S/C14H18O4P2/c1-15-19(16-2)13-9-11-7-5-6-8-12(11)10-14(13)20(17-3)18-4/h5-10H,1-4H3. The largest absolute Gasteiger partial charge is 0.334 e. The molecule has 0 amide bonds. The fourth-order valence-electron chi connectivity index (χ4n) is 2.05. The van der Waals surface area contributed by atoms with Crippen molar-refractivity contribution in [1.29, 1.82) is 0 Å². The van der Waals surface area contributed by atoms with Crippen LogP contribution in [0.15, 0.2) is 36.4 Å². The van der Waals surface area contributed by atoms with Gasteiger partial charge in [-0.05, 0) is 22.9 Å². The number of hydrogen-bond acceptors (Lipinski definition) is 4. The molecule has 0 atom stereocenters. The van der Waals surface area contributed by atoms with Crippen molar-refractivity contribution in [3.05, 3.63) is 36.4 Å². The predicted octanol–water partition coefficient (Wildman–Crippen LogP) is 3.30. The fraction of sp³-hybridized carbons (Fsp3) is 0.286. The lowest BCUT2D eigenvalue weighted by molar-refractivity contribution is 0.347. The van der Waals surface area contributed by atoms with E-state index in [1.54, 1.807) is 28.4 Å². The first kappa shape index (κ1) is 15.8. The normalized spacial score (nSPS) is 11.7. The molecule has 0 spiro atoms. The summed E-state index contributed by atoms with van der Waals surface area (Å²) in [5, 5.41) is 4.29. The van der Waals surface area contributed by atoms with Crippen molar-refractivity contribution in [2.24, 2.45) is 0 Å². The molecule has 4 nitrogen and oxygen atoms in total. The van der Waals surface area contributed by atoms with Gasteiger partial charge in [0.05, 0.1) is 0 Å². The first-order valence-electron chi connectivity index (χ1n) is 6.04. The van der Waals surface area contributed by atoms with E-state index in [1.165, 1.54) is 0 Å². The highest BCUT2D eigenvalue weighted by Gasteiger charge is 2.23. The molecule has 0 bridgehead atoms. The zero-order chi connectivity index (χ0) is 14.5. The van der Waals surface area contributed by atoms with Crippen LogP contribution in [0.4, 0.5) is 0 Å². The maximum atomic E-state index is 5.46. The first-order chi connectivity index (χ1) is 9.74. The highest BCUT2D eigenvalue weighted by molar-refractivity contribution is 7.62. The summed E-state index contributed by atoms with van der Waals surface area (Å²) < 4.78 is 21.8. The third-order valence-electron chi connectivity index (χ3n) is 2.90. The van der Waals surface area contributed by atoms with Gasteiger partial charge in [-0.2, -0.15) is 0 Å². The maximum absolute atomic E-state index is 5.46. The molecule has 0 aromatic heterocycles. The summed E-state index contributed by atoms with van der Waals surface area (Å²) in [5.41, 5.74) is 0. The van der Waals surface area contributed by atoms with Gasteiger partial charge in [0.2, 0.25) is 16.8 Å². The topological polar surface area (TPSA) is 36.9 Å². The molecule has 0 heterocycles. The Morgan fingerprint density at radius 3 is 1.30 bits per heavy atom. The number of rotatable bonds is 6. The molecule has 6 heteroatoms. The smallest absolute Gasteiger partial charge is 0.205 e. The summed E-state index contributed by atoms with van der Waals surface area (Å²) in [6.45, 7) is 0. The zero-order valence-corrected chi connectivity index (χ0v) is 13.8. The monoisotopic (exact) mass is 312 g/mol. The van der Waals surface area contributed by atoms with Crippen molar-refractivity contribution in [1.82, 2.24) is 0 Å². The molecule has 0 aliphatic heterocycles. The van der Waals surface area contributed by atoms with Crippen molar-refractivity contribution in [2.45, 2.75) is 0 Å². The van der Waals surface area contributed by atoms with E-state index in [0.717, 1.165) is 21.4 Å². The molecule has 20 heavy (non-hydrogen) atoms. The maximum Gasteiger partial charge on any atom is 0.205 e. The Hall–Kier alpha value is -0.600. The van der Waals surface area contributed by atoms with Crippen molar-refractivity contribution in [3.8, 4) is 0 Å². The Morgan fingerprint density at radius 1 is 0.650 bits per heavy atom. The lowest BCUT2D eigenvalue weighted by atomic mass is 10.1. The molecule has 0 aliphatic rings. The van der Waals surface area contributed by atoms with Gasteiger partial charge in [-0.3, -0.25) is 0 Å². The SMILES string of the molecule is COP(OC)c1cc2ccccc2cc1P(OC)OC. The molecule has 0 saturated heterocycles. The molecular weight excluding hydrogens is 294 g/mol. The summed E-state index contributed by atoms with van der Waals surface area (Å²) in [4.78, 5) is 0. The Balaban J connectivity index is 2.63. The van der Waals surface area contributed by atoms with Crippen LogP contribution in [0.5, 0.6) is 0 Å². The highest BCUT2D eigenvalue weighted by Crippen LogP contribution is 2.42. The Kier molecular flexibility index (Phi) is 5.86. The van der Waals surface area contributed by atoms with E-state index in [9.17, 15) is 0 Å². The lowest BCUT2D eigenvalue weighted by Crippen LogP contribution is -2.23.